The number of benzene rings is 1. The van der Waals surface area contributed by atoms with Gasteiger partial charge >= 0.3 is 0 Å². The molecule has 6 nitrogen and oxygen atoms in total. The van der Waals surface area contributed by atoms with Crippen LogP contribution in [0.1, 0.15) is 11.3 Å². The minimum Gasteiger partial charge on any atom is -0.411 e. The molecule has 3 heterocycles. The number of nitrogens with zero attached hydrogens (tertiary/aromatic N) is 3. The van der Waals surface area contributed by atoms with Gasteiger partial charge in [0.1, 0.15) is 0 Å². The predicted molar refractivity (Wildman–Crippen MR) is 105 cm³/mol. The van der Waals surface area contributed by atoms with Crippen LogP contribution < -0.4 is 0 Å². The van der Waals surface area contributed by atoms with Crippen molar-refractivity contribution < 1.29 is 9.94 Å². The molecular formula is C19H15BrN4O2. The molecule has 0 aliphatic heterocycles. The lowest BCUT2D eigenvalue weighted by Gasteiger charge is -2.07. The molecule has 1 aromatic carbocycles. The first-order chi connectivity index (χ1) is 12.7. The maximum absolute atomic E-state index is 8.93. The van der Waals surface area contributed by atoms with Crippen molar-refractivity contribution in [3.05, 3.63) is 58.5 Å². The van der Waals surface area contributed by atoms with E-state index in [9.17, 15) is 0 Å². The Morgan fingerprint density at radius 2 is 2.08 bits per heavy atom. The Morgan fingerprint density at radius 1 is 1.19 bits per heavy atom. The van der Waals surface area contributed by atoms with Crippen LogP contribution in [-0.4, -0.2) is 33.5 Å². The first-order valence-electron chi connectivity index (χ1n) is 7.93. The van der Waals surface area contributed by atoms with Crippen LogP contribution >= 0.6 is 15.9 Å². The van der Waals surface area contributed by atoms with Crippen molar-refractivity contribution in [1.82, 2.24) is 15.0 Å². The summed E-state index contributed by atoms with van der Waals surface area (Å²) in [7, 11) is 1.63. The van der Waals surface area contributed by atoms with Crippen molar-refractivity contribution in [3.63, 3.8) is 0 Å². The number of H-pyrrole nitrogens is 1. The molecule has 130 valence electrons. The van der Waals surface area contributed by atoms with Crippen molar-refractivity contribution in [2.24, 2.45) is 5.16 Å². The number of rotatable bonds is 4. The number of aromatic nitrogens is 3. The van der Waals surface area contributed by atoms with E-state index in [-0.39, 0.29) is 0 Å². The first-order valence-corrected chi connectivity index (χ1v) is 8.72. The lowest BCUT2D eigenvalue weighted by molar-refractivity contribution is 0.185. The number of hydrogen-bond donors (Lipinski definition) is 2. The predicted octanol–water partition coefficient (Wildman–Crippen LogP) is 4.50. The second kappa shape index (κ2) is 6.86. The van der Waals surface area contributed by atoms with Gasteiger partial charge in [-0.15, -0.1) is 0 Å². The minimum atomic E-state index is 0.361. The Kier molecular flexibility index (Phi) is 4.40. The summed E-state index contributed by atoms with van der Waals surface area (Å²) in [5.74, 6) is 0. The number of aromatic amines is 1. The molecule has 0 amide bonds. The molecule has 0 unspecified atom stereocenters. The molecule has 4 rings (SSSR count). The molecule has 0 aliphatic rings. The third kappa shape index (κ3) is 2.85. The number of oxime groups is 1. The van der Waals surface area contributed by atoms with E-state index in [0.29, 0.717) is 12.3 Å². The Morgan fingerprint density at radius 3 is 2.81 bits per heavy atom. The first kappa shape index (κ1) is 16.7. The normalized spacial score (nSPS) is 11.8. The van der Waals surface area contributed by atoms with E-state index >= 15 is 0 Å². The molecule has 7 heteroatoms. The Bertz CT molecular complexity index is 1120. The van der Waals surface area contributed by atoms with E-state index in [1.807, 2.05) is 24.3 Å². The van der Waals surface area contributed by atoms with Crippen molar-refractivity contribution in [2.75, 3.05) is 7.11 Å². The summed E-state index contributed by atoms with van der Waals surface area (Å²) in [5, 5.41) is 14.1. The molecule has 0 saturated carbocycles. The molecule has 0 fully saturated rings. The fourth-order valence-electron chi connectivity index (χ4n) is 3.14. The number of hydrogen-bond acceptors (Lipinski definition) is 5. The molecular weight excluding hydrogens is 396 g/mol. The topological polar surface area (TPSA) is 83.4 Å². The van der Waals surface area contributed by atoms with E-state index in [4.69, 9.17) is 9.94 Å². The lowest BCUT2D eigenvalue weighted by atomic mass is 10.0. The number of halogens is 1. The number of pyridine rings is 2. The summed E-state index contributed by atoms with van der Waals surface area (Å²) < 4.78 is 6.30. The largest absolute Gasteiger partial charge is 0.411 e. The molecule has 0 saturated heterocycles. The van der Waals surface area contributed by atoms with Crippen LogP contribution in [0.15, 0.2) is 52.4 Å². The highest BCUT2D eigenvalue weighted by atomic mass is 79.9. The summed E-state index contributed by atoms with van der Waals surface area (Å²) in [4.78, 5) is 12.2. The van der Waals surface area contributed by atoms with Gasteiger partial charge in [-0.3, -0.25) is 9.97 Å². The Balaban J connectivity index is 1.99. The average molecular weight is 411 g/mol. The summed E-state index contributed by atoms with van der Waals surface area (Å²) in [5.41, 5.74) is 5.26. The maximum atomic E-state index is 8.93. The Hall–Kier alpha value is -2.77. The van der Waals surface area contributed by atoms with Crippen LogP contribution in [0.2, 0.25) is 0 Å². The summed E-state index contributed by atoms with van der Waals surface area (Å²) in [6.45, 7) is 0.361. The molecule has 0 radical (unpaired) electrons. The molecule has 0 spiro atoms. The van der Waals surface area contributed by atoms with Gasteiger partial charge in [-0.25, -0.2) is 0 Å². The fraction of sp³-hybridized carbons (Fsp3) is 0.105. The zero-order chi connectivity index (χ0) is 18.1. The lowest BCUT2D eigenvalue weighted by Crippen LogP contribution is -1.99. The molecule has 2 N–H and O–H groups in total. The second-order valence-electron chi connectivity index (χ2n) is 5.84. The minimum absolute atomic E-state index is 0.361. The van der Waals surface area contributed by atoms with Gasteiger partial charge in [-0.2, -0.15) is 0 Å². The molecule has 26 heavy (non-hydrogen) atoms. The zero-order valence-electron chi connectivity index (χ0n) is 13.9. The van der Waals surface area contributed by atoms with Crippen molar-refractivity contribution in [1.29, 1.82) is 0 Å². The fourth-order valence-corrected chi connectivity index (χ4v) is 3.37. The van der Waals surface area contributed by atoms with Crippen molar-refractivity contribution in [2.45, 2.75) is 6.61 Å². The molecule has 0 aliphatic carbocycles. The standard InChI is InChI=1S/C19H15BrN4O2/c1-26-10-14-17(9-23-25)22-8-18-19(14)13-6-11(2-4-16(13)24-18)15-5-3-12(20)7-21-15/h2-9,24-25H,10H2,1H3. The van der Waals surface area contributed by atoms with Gasteiger partial charge in [-0.05, 0) is 40.2 Å². The van der Waals surface area contributed by atoms with E-state index in [1.54, 1.807) is 19.5 Å². The average Bonchev–Trinajstić information content (AvgIpc) is 3.02. The van der Waals surface area contributed by atoms with Crippen molar-refractivity contribution in [3.8, 4) is 11.3 Å². The van der Waals surface area contributed by atoms with Crippen molar-refractivity contribution >= 4 is 44.0 Å². The molecule has 0 bridgehead atoms. The van der Waals surface area contributed by atoms with E-state index in [1.165, 1.54) is 6.21 Å². The van der Waals surface area contributed by atoms with Gasteiger partial charge in [-0.1, -0.05) is 11.2 Å². The number of ether oxygens (including phenoxy) is 1. The summed E-state index contributed by atoms with van der Waals surface area (Å²) in [6, 6.07) is 10.1. The highest BCUT2D eigenvalue weighted by Crippen LogP contribution is 2.32. The summed E-state index contributed by atoms with van der Waals surface area (Å²) >= 11 is 3.41. The SMILES string of the molecule is COCc1c(C=NO)ncc2[nH]c3ccc(-c4ccc(Br)cn4)cc3c12. The smallest absolute Gasteiger partial charge is 0.0922 e. The highest BCUT2D eigenvalue weighted by molar-refractivity contribution is 9.10. The second-order valence-corrected chi connectivity index (χ2v) is 6.75. The van der Waals surface area contributed by atoms with E-state index in [0.717, 1.165) is 43.1 Å². The van der Waals surface area contributed by atoms with Gasteiger partial charge in [0.15, 0.2) is 0 Å². The molecule has 3 aromatic heterocycles. The maximum Gasteiger partial charge on any atom is 0.0922 e. The van der Waals surface area contributed by atoms with Crippen LogP contribution in [0.25, 0.3) is 33.1 Å². The van der Waals surface area contributed by atoms with Gasteiger partial charge in [0, 0.05) is 45.2 Å². The highest BCUT2D eigenvalue weighted by Gasteiger charge is 2.14. The van der Waals surface area contributed by atoms with Gasteiger partial charge < -0.3 is 14.9 Å². The van der Waals surface area contributed by atoms with Gasteiger partial charge in [0.25, 0.3) is 0 Å². The van der Waals surface area contributed by atoms with Crippen LogP contribution in [0, 0.1) is 0 Å². The number of nitrogens with one attached hydrogen (secondary N) is 1. The molecule has 0 atom stereocenters. The third-order valence-corrected chi connectivity index (χ3v) is 4.73. The van der Waals surface area contributed by atoms with Crippen LogP contribution in [0.5, 0.6) is 0 Å². The van der Waals surface area contributed by atoms with E-state index < -0.39 is 0 Å². The van der Waals surface area contributed by atoms with Gasteiger partial charge in [0.05, 0.1) is 35.9 Å². The molecule has 4 aromatic rings. The third-order valence-electron chi connectivity index (χ3n) is 4.26. The number of fused-ring (bicyclic) bond motifs is 3. The van der Waals surface area contributed by atoms with Gasteiger partial charge in [0.2, 0.25) is 0 Å². The van der Waals surface area contributed by atoms with Crippen LogP contribution in [0.3, 0.4) is 0 Å². The van der Waals surface area contributed by atoms with Crippen LogP contribution in [0.4, 0.5) is 0 Å². The van der Waals surface area contributed by atoms with E-state index in [2.05, 4.69) is 42.1 Å². The monoisotopic (exact) mass is 410 g/mol. The number of methoxy groups -OCH3 is 1. The Labute approximate surface area is 157 Å². The van der Waals surface area contributed by atoms with Crippen LogP contribution in [-0.2, 0) is 11.3 Å². The summed E-state index contributed by atoms with van der Waals surface area (Å²) in [6.07, 6.45) is 4.85. The zero-order valence-corrected chi connectivity index (χ0v) is 15.5. The quantitative estimate of drug-likeness (QED) is 0.294.